The van der Waals surface area contributed by atoms with Gasteiger partial charge in [0.25, 0.3) is 5.91 Å². The molecule has 1 saturated heterocycles. The van der Waals surface area contributed by atoms with Crippen LogP contribution in [0.3, 0.4) is 0 Å². The zero-order valence-electron chi connectivity index (χ0n) is 11.3. The van der Waals surface area contributed by atoms with Crippen LogP contribution in [-0.4, -0.2) is 52.4 Å². The lowest BCUT2D eigenvalue weighted by molar-refractivity contribution is -0.131. The second kappa shape index (κ2) is 6.65. The normalized spacial score (nSPS) is 15.6. The molecule has 0 saturated carbocycles. The zero-order chi connectivity index (χ0) is 15.2. The van der Waals surface area contributed by atoms with Crippen molar-refractivity contribution in [2.75, 3.05) is 19.6 Å². The first-order valence-corrected chi connectivity index (χ1v) is 6.49. The molecule has 0 aromatic carbocycles. The van der Waals surface area contributed by atoms with Gasteiger partial charge in [-0.3, -0.25) is 14.6 Å². The summed E-state index contributed by atoms with van der Waals surface area (Å²) in [4.78, 5) is 39.5. The molecule has 2 rings (SSSR count). The van der Waals surface area contributed by atoms with Gasteiger partial charge in [0.1, 0.15) is 5.69 Å². The van der Waals surface area contributed by atoms with Crippen LogP contribution in [0, 0.1) is 0 Å². The Hall–Kier alpha value is -2.70. The maximum atomic E-state index is 12.2. The highest BCUT2D eigenvalue weighted by Crippen LogP contribution is 2.07. The van der Waals surface area contributed by atoms with Gasteiger partial charge in [0.15, 0.2) is 0 Å². The molecule has 1 fully saturated rings. The lowest BCUT2D eigenvalue weighted by Gasteiger charge is -2.18. The van der Waals surface area contributed by atoms with Crippen molar-refractivity contribution in [2.45, 2.75) is 6.42 Å². The van der Waals surface area contributed by atoms with Crippen molar-refractivity contribution in [3.63, 3.8) is 0 Å². The Balaban J connectivity index is 2.05. The maximum absolute atomic E-state index is 12.2. The number of carbonyl (C=O) groups excluding carboxylic acids is 2. The van der Waals surface area contributed by atoms with E-state index < -0.39 is 5.97 Å². The molecule has 0 bridgehead atoms. The van der Waals surface area contributed by atoms with Crippen LogP contribution in [0.4, 0.5) is 0 Å². The molecule has 0 radical (unpaired) electrons. The van der Waals surface area contributed by atoms with Gasteiger partial charge < -0.3 is 15.3 Å². The summed E-state index contributed by atoms with van der Waals surface area (Å²) in [5.41, 5.74) is 0.874. The van der Waals surface area contributed by atoms with Gasteiger partial charge in [-0.15, -0.1) is 0 Å². The molecule has 0 aliphatic carbocycles. The molecular weight excluding hydrogens is 274 g/mol. The lowest BCUT2D eigenvalue weighted by atomic mass is 10.2. The predicted octanol–water partition coefficient (Wildman–Crippen LogP) is 0.141. The number of hydrogen-bond donors (Lipinski definition) is 2. The van der Waals surface area contributed by atoms with E-state index in [1.54, 1.807) is 17.0 Å². The second-order valence-electron chi connectivity index (χ2n) is 4.54. The smallest absolute Gasteiger partial charge is 0.328 e. The Bertz CT molecular complexity index is 580. The standard InChI is InChI=1S/C14H15N3O4/c18-12-5-7-17(8-6-15-12)14(21)11-3-1-10(9-16-11)2-4-13(19)20/h1-4,9H,5-8H2,(H,15,18)(H,19,20). The third-order valence-electron chi connectivity index (χ3n) is 3.02. The number of amides is 2. The third kappa shape index (κ3) is 4.13. The van der Waals surface area contributed by atoms with Crippen LogP contribution in [-0.2, 0) is 9.59 Å². The van der Waals surface area contributed by atoms with Crippen molar-refractivity contribution in [3.8, 4) is 0 Å². The Morgan fingerprint density at radius 2 is 2.14 bits per heavy atom. The van der Waals surface area contributed by atoms with E-state index in [2.05, 4.69) is 10.3 Å². The fourth-order valence-electron chi connectivity index (χ4n) is 1.93. The first-order valence-electron chi connectivity index (χ1n) is 6.49. The van der Waals surface area contributed by atoms with Crippen LogP contribution >= 0.6 is 0 Å². The van der Waals surface area contributed by atoms with Crippen LogP contribution in [0.15, 0.2) is 24.4 Å². The van der Waals surface area contributed by atoms with Crippen LogP contribution in [0.2, 0.25) is 0 Å². The Morgan fingerprint density at radius 3 is 2.81 bits per heavy atom. The second-order valence-corrected chi connectivity index (χ2v) is 4.54. The van der Waals surface area contributed by atoms with Crippen LogP contribution in [0.5, 0.6) is 0 Å². The van der Waals surface area contributed by atoms with Gasteiger partial charge in [-0.05, 0) is 17.7 Å². The molecular formula is C14H15N3O4. The minimum atomic E-state index is -1.04. The van der Waals surface area contributed by atoms with E-state index in [0.29, 0.717) is 25.2 Å². The molecule has 2 amide bonds. The summed E-state index contributed by atoms with van der Waals surface area (Å²) in [7, 11) is 0. The highest BCUT2D eigenvalue weighted by atomic mass is 16.4. The molecule has 1 aromatic rings. The average Bonchev–Trinajstić information content (AvgIpc) is 2.69. The molecule has 7 heteroatoms. The summed E-state index contributed by atoms with van der Waals surface area (Å²) >= 11 is 0. The molecule has 21 heavy (non-hydrogen) atoms. The minimum absolute atomic E-state index is 0.0626. The van der Waals surface area contributed by atoms with Gasteiger partial charge >= 0.3 is 5.97 Å². The topological polar surface area (TPSA) is 99.6 Å². The summed E-state index contributed by atoms with van der Waals surface area (Å²) in [6.07, 6.45) is 4.13. The van der Waals surface area contributed by atoms with E-state index in [4.69, 9.17) is 5.11 Å². The van der Waals surface area contributed by atoms with E-state index in [-0.39, 0.29) is 23.9 Å². The Kier molecular flexibility index (Phi) is 4.65. The Morgan fingerprint density at radius 1 is 1.33 bits per heavy atom. The molecule has 110 valence electrons. The van der Waals surface area contributed by atoms with E-state index >= 15 is 0 Å². The van der Waals surface area contributed by atoms with Gasteiger partial charge in [-0.1, -0.05) is 6.07 Å². The average molecular weight is 289 g/mol. The third-order valence-corrected chi connectivity index (χ3v) is 3.02. The highest BCUT2D eigenvalue weighted by Gasteiger charge is 2.20. The molecule has 1 aliphatic rings. The largest absolute Gasteiger partial charge is 0.478 e. The summed E-state index contributed by atoms with van der Waals surface area (Å²) in [5.74, 6) is -1.34. The first kappa shape index (κ1) is 14.7. The van der Waals surface area contributed by atoms with Gasteiger partial charge in [0.2, 0.25) is 5.91 Å². The quantitative estimate of drug-likeness (QED) is 0.771. The fourth-order valence-corrected chi connectivity index (χ4v) is 1.93. The van der Waals surface area contributed by atoms with Crippen molar-refractivity contribution >= 4 is 23.9 Å². The number of aliphatic carboxylic acids is 1. The number of nitrogens with one attached hydrogen (secondary N) is 1. The SMILES string of the molecule is O=C(O)C=Cc1ccc(C(=O)N2CCNC(=O)CC2)nc1. The molecule has 1 aromatic heterocycles. The zero-order valence-corrected chi connectivity index (χ0v) is 11.3. The van der Waals surface area contributed by atoms with Crippen molar-refractivity contribution in [1.29, 1.82) is 0 Å². The molecule has 7 nitrogen and oxygen atoms in total. The number of carbonyl (C=O) groups is 3. The summed E-state index contributed by atoms with van der Waals surface area (Å²) < 4.78 is 0. The van der Waals surface area contributed by atoms with Crippen molar-refractivity contribution in [2.24, 2.45) is 0 Å². The van der Waals surface area contributed by atoms with E-state index in [1.807, 2.05) is 0 Å². The molecule has 0 spiro atoms. The predicted molar refractivity (Wildman–Crippen MR) is 74.4 cm³/mol. The van der Waals surface area contributed by atoms with E-state index in [0.717, 1.165) is 6.08 Å². The summed E-state index contributed by atoms with van der Waals surface area (Å²) in [5, 5.41) is 11.2. The number of carboxylic acids is 1. The highest BCUT2D eigenvalue weighted by molar-refractivity contribution is 5.93. The Labute approximate surface area is 121 Å². The summed E-state index contributed by atoms with van der Waals surface area (Å²) in [6.45, 7) is 1.25. The molecule has 0 atom stereocenters. The number of hydrogen-bond acceptors (Lipinski definition) is 4. The first-order chi connectivity index (χ1) is 10.1. The minimum Gasteiger partial charge on any atom is -0.478 e. The number of pyridine rings is 1. The van der Waals surface area contributed by atoms with Crippen LogP contribution < -0.4 is 5.32 Å². The van der Waals surface area contributed by atoms with Gasteiger partial charge in [0.05, 0.1) is 0 Å². The fraction of sp³-hybridized carbons (Fsp3) is 0.286. The maximum Gasteiger partial charge on any atom is 0.328 e. The van der Waals surface area contributed by atoms with E-state index in [1.165, 1.54) is 12.3 Å². The van der Waals surface area contributed by atoms with Crippen LogP contribution in [0.1, 0.15) is 22.5 Å². The van der Waals surface area contributed by atoms with Crippen LogP contribution in [0.25, 0.3) is 6.08 Å². The lowest BCUT2D eigenvalue weighted by Crippen LogP contribution is -2.34. The van der Waals surface area contributed by atoms with Crippen molar-refractivity contribution in [1.82, 2.24) is 15.2 Å². The van der Waals surface area contributed by atoms with Crippen molar-refractivity contribution in [3.05, 3.63) is 35.7 Å². The van der Waals surface area contributed by atoms with Gasteiger partial charge in [-0.25, -0.2) is 4.79 Å². The van der Waals surface area contributed by atoms with Crippen molar-refractivity contribution < 1.29 is 19.5 Å². The van der Waals surface area contributed by atoms with Gasteiger partial charge in [0, 0.05) is 38.3 Å². The molecule has 1 aliphatic heterocycles. The molecule has 2 heterocycles. The molecule has 2 N–H and O–H groups in total. The van der Waals surface area contributed by atoms with Gasteiger partial charge in [-0.2, -0.15) is 0 Å². The number of rotatable bonds is 3. The molecule has 0 unspecified atom stereocenters. The van der Waals surface area contributed by atoms with E-state index in [9.17, 15) is 14.4 Å². The summed E-state index contributed by atoms with van der Waals surface area (Å²) in [6, 6.07) is 3.17. The number of carboxylic acid groups (broad SMARTS) is 1. The monoisotopic (exact) mass is 289 g/mol. The number of nitrogens with zero attached hydrogens (tertiary/aromatic N) is 2. The number of aromatic nitrogens is 1.